The number of aryl methyl sites for hydroxylation is 1. The van der Waals surface area contributed by atoms with Crippen molar-refractivity contribution in [2.75, 3.05) is 6.54 Å². The quantitative estimate of drug-likeness (QED) is 0.806. The molecule has 0 fully saturated rings. The fourth-order valence-electron chi connectivity index (χ4n) is 2.60. The number of benzene rings is 1. The van der Waals surface area contributed by atoms with Gasteiger partial charge < -0.3 is 5.32 Å². The molecule has 0 radical (unpaired) electrons. The molecule has 1 aromatic heterocycles. The largest absolute Gasteiger partial charge is 0.313 e. The lowest BCUT2D eigenvalue weighted by Crippen LogP contribution is -2.30. The van der Waals surface area contributed by atoms with E-state index in [2.05, 4.69) is 39.9 Å². The molecule has 4 heteroatoms. The lowest BCUT2D eigenvalue weighted by molar-refractivity contribution is 0.482. The number of nitrogens with one attached hydrogen (secondary N) is 1. The monoisotopic (exact) mass is 242 g/mol. The minimum Gasteiger partial charge on any atom is -0.313 e. The average molecular weight is 242 g/mol. The average Bonchev–Trinajstić information content (AvgIpc) is 3.03. The van der Waals surface area contributed by atoms with Gasteiger partial charge in [-0.05, 0) is 36.9 Å². The van der Waals surface area contributed by atoms with Gasteiger partial charge in [-0.3, -0.25) is 4.68 Å². The lowest BCUT2D eigenvalue weighted by Gasteiger charge is -2.11. The molecule has 0 saturated carbocycles. The zero-order valence-electron chi connectivity index (χ0n) is 10.4. The van der Waals surface area contributed by atoms with Gasteiger partial charge in [-0.2, -0.15) is 0 Å². The molecule has 1 heterocycles. The molecule has 0 atom stereocenters. The summed E-state index contributed by atoms with van der Waals surface area (Å²) in [5, 5.41) is 11.4. The molecule has 18 heavy (non-hydrogen) atoms. The normalized spacial score (nSPS) is 14.9. The summed E-state index contributed by atoms with van der Waals surface area (Å²) < 4.78 is 1.88. The Balaban J connectivity index is 1.41. The van der Waals surface area contributed by atoms with Crippen molar-refractivity contribution in [3.8, 4) is 0 Å². The van der Waals surface area contributed by atoms with Crippen LogP contribution >= 0.6 is 0 Å². The molecule has 3 rings (SSSR count). The molecule has 94 valence electrons. The summed E-state index contributed by atoms with van der Waals surface area (Å²) >= 11 is 0. The van der Waals surface area contributed by atoms with E-state index in [1.54, 1.807) is 6.20 Å². The van der Waals surface area contributed by atoms with E-state index in [0.29, 0.717) is 6.04 Å². The van der Waals surface area contributed by atoms with E-state index in [1.807, 2.05) is 10.9 Å². The minimum absolute atomic E-state index is 0.609. The molecule has 1 N–H and O–H groups in total. The first-order chi connectivity index (χ1) is 8.92. The van der Waals surface area contributed by atoms with E-state index in [4.69, 9.17) is 0 Å². The van der Waals surface area contributed by atoms with Crippen LogP contribution < -0.4 is 5.32 Å². The van der Waals surface area contributed by atoms with Crippen LogP contribution in [0.4, 0.5) is 0 Å². The van der Waals surface area contributed by atoms with E-state index in [9.17, 15) is 0 Å². The highest BCUT2D eigenvalue weighted by atomic mass is 15.4. The summed E-state index contributed by atoms with van der Waals surface area (Å²) in [6.07, 6.45) is 7.06. The number of rotatable bonds is 5. The molecule has 0 amide bonds. The number of hydrogen-bond acceptors (Lipinski definition) is 3. The van der Waals surface area contributed by atoms with Crippen molar-refractivity contribution in [3.05, 3.63) is 47.8 Å². The second kappa shape index (κ2) is 5.31. The zero-order valence-corrected chi connectivity index (χ0v) is 10.4. The van der Waals surface area contributed by atoms with Crippen molar-refractivity contribution in [2.45, 2.75) is 31.8 Å². The molecule has 0 bridgehead atoms. The first-order valence-corrected chi connectivity index (χ1v) is 6.56. The molecule has 1 aliphatic carbocycles. The number of aromatic nitrogens is 3. The zero-order chi connectivity index (χ0) is 12.2. The van der Waals surface area contributed by atoms with Crippen LogP contribution in [0.5, 0.6) is 0 Å². The first-order valence-electron chi connectivity index (χ1n) is 6.56. The fourth-order valence-corrected chi connectivity index (χ4v) is 2.60. The Hall–Kier alpha value is -1.68. The molecule has 0 unspecified atom stereocenters. The Kier molecular flexibility index (Phi) is 3.37. The second-order valence-corrected chi connectivity index (χ2v) is 4.85. The summed E-state index contributed by atoms with van der Waals surface area (Å²) in [5.41, 5.74) is 3.01. The van der Waals surface area contributed by atoms with Crippen LogP contribution in [0.1, 0.15) is 17.5 Å². The van der Waals surface area contributed by atoms with E-state index < -0.39 is 0 Å². The predicted molar refractivity (Wildman–Crippen MR) is 70.3 cm³/mol. The van der Waals surface area contributed by atoms with Crippen molar-refractivity contribution < 1.29 is 0 Å². The third-order valence-corrected chi connectivity index (χ3v) is 3.52. The highest BCUT2D eigenvalue weighted by molar-refractivity contribution is 5.33. The van der Waals surface area contributed by atoms with Crippen molar-refractivity contribution in [3.63, 3.8) is 0 Å². The smallest absolute Gasteiger partial charge is 0.0692 e. The van der Waals surface area contributed by atoms with Gasteiger partial charge in [0.2, 0.25) is 0 Å². The maximum atomic E-state index is 3.96. The van der Waals surface area contributed by atoms with E-state index in [-0.39, 0.29) is 0 Å². The Morgan fingerprint density at radius 3 is 2.67 bits per heavy atom. The molecule has 1 aromatic carbocycles. The van der Waals surface area contributed by atoms with Crippen LogP contribution in [0.2, 0.25) is 0 Å². The molecular formula is C14H18N4. The van der Waals surface area contributed by atoms with Crippen LogP contribution in [-0.2, 0) is 19.4 Å². The molecule has 0 spiro atoms. The number of hydrogen-bond donors (Lipinski definition) is 1. The summed E-state index contributed by atoms with van der Waals surface area (Å²) in [4.78, 5) is 0. The van der Waals surface area contributed by atoms with Gasteiger partial charge in [0, 0.05) is 18.8 Å². The van der Waals surface area contributed by atoms with Crippen molar-refractivity contribution in [1.82, 2.24) is 20.3 Å². The second-order valence-electron chi connectivity index (χ2n) is 4.85. The van der Waals surface area contributed by atoms with Crippen LogP contribution in [0, 0.1) is 0 Å². The van der Waals surface area contributed by atoms with Gasteiger partial charge in [-0.1, -0.05) is 29.5 Å². The molecule has 4 nitrogen and oxygen atoms in total. The summed E-state index contributed by atoms with van der Waals surface area (Å²) in [6, 6.07) is 9.36. The molecule has 2 aromatic rings. The van der Waals surface area contributed by atoms with Gasteiger partial charge >= 0.3 is 0 Å². The Morgan fingerprint density at radius 2 is 2.00 bits per heavy atom. The summed E-state index contributed by atoms with van der Waals surface area (Å²) in [7, 11) is 0. The van der Waals surface area contributed by atoms with Gasteiger partial charge in [0.25, 0.3) is 0 Å². The van der Waals surface area contributed by atoms with Gasteiger partial charge in [0.05, 0.1) is 6.20 Å². The SMILES string of the molecule is c1ccc2c(c1)CC(NCCCn1ccnn1)C2. The van der Waals surface area contributed by atoms with Crippen LogP contribution in [-0.4, -0.2) is 27.6 Å². The third-order valence-electron chi connectivity index (χ3n) is 3.52. The van der Waals surface area contributed by atoms with Gasteiger partial charge in [0.15, 0.2) is 0 Å². The van der Waals surface area contributed by atoms with Crippen LogP contribution in [0.25, 0.3) is 0 Å². The van der Waals surface area contributed by atoms with E-state index in [0.717, 1.165) is 19.5 Å². The Bertz CT molecular complexity index is 467. The minimum atomic E-state index is 0.609. The summed E-state index contributed by atoms with van der Waals surface area (Å²) in [6.45, 7) is 1.98. The van der Waals surface area contributed by atoms with Gasteiger partial charge in [-0.25, -0.2) is 0 Å². The highest BCUT2D eigenvalue weighted by Crippen LogP contribution is 2.21. The fraction of sp³-hybridized carbons (Fsp3) is 0.429. The molecular weight excluding hydrogens is 224 g/mol. The number of nitrogens with zero attached hydrogens (tertiary/aromatic N) is 3. The van der Waals surface area contributed by atoms with E-state index >= 15 is 0 Å². The maximum Gasteiger partial charge on any atom is 0.0692 e. The van der Waals surface area contributed by atoms with E-state index in [1.165, 1.54) is 24.0 Å². The predicted octanol–water partition coefficient (Wildman–Crippen LogP) is 1.43. The van der Waals surface area contributed by atoms with Gasteiger partial charge in [-0.15, -0.1) is 5.10 Å². The topological polar surface area (TPSA) is 42.7 Å². The highest BCUT2D eigenvalue weighted by Gasteiger charge is 2.19. The van der Waals surface area contributed by atoms with Crippen LogP contribution in [0.3, 0.4) is 0 Å². The van der Waals surface area contributed by atoms with Crippen molar-refractivity contribution in [2.24, 2.45) is 0 Å². The Labute approximate surface area is 107 Å². The van der Waals surface area contributed by atoms with Crippen molar-refractivity contribution in [1.29, 1.82) is 0 Å². The molecule has 1 aliphatic rings. The molecule has 0 saturated heterocycles. The molecule has 0 aliphatic heterocycles. The first kappa shape index (κ1) is 11.4. The maximum absolute atomic E-state index is 3.96. The Morgan fingerprint density at radius 1 is 1.22 bits per heavy atom. The summed E-state index contributed by atoms with van der Waals surface area (Å²) in [5.74, 6) is 0. The lowest BCUT2D eigenvalue weighted by atomic mass is 10.1. The van der Waals surface area contributed by atoms with Crippen molar-refractivity contribution >= 4 is 0 Å². The number of fused-ring (bicyclic) bond motifs is 1. The standard InChI is InChI=1S/C14H18N4/c1-2-5-13-11-14(10-12(13)4-1)15-6-3-8-18-9-7-16-17-18/h1-2,4-5,7,9,14-15H,3,6,8,10-11H2. The third kappa shape index (κ3) is 2.59. The van der Waals surface area contributed by atoms with Crippen LogP contribution in [0.15, 0.2) is 36.7 Å². The van der Waals surface area contributed by atoms with Gasteiger partial charge in [0.1, 0.15) is 0 Å².